The molecule has 0 radical (unpaired) electrons. The van der Waals surface area contributed by atoms with E-state index in [0.717, 1.165) is 28.6 Å². The Morgan fingerprint density at radius 3 is 2.35 bits per heavy atom. The van der Waals surface area contributed by atoms with Gasteiger partial charge in [0.2, 0.25) is 0 Å². The predicted molar refractivity (Wildman–Crippen MR) is 106 cm³/mol. The maximum Gasteiger partial charge on any atom is 0.343 e. The number of likely N-dealkylation sites (N-methyl/N-ethyl adjacent to an activating group) is 1. The van der Waals surface area contributed by atoms with Crippen LogP contribution in [0.15, 0.2) is 63.8 Å². The van der Waals surface area contributed by atoms with E-state index in [4.69, 9.17) is 4.42 Å². The summed E-state index contributed by atoms with van der Waals surface area (Å²) < 4.78 is 5.43. The number of aliphatic hydroxyl groups is 1. The van der Waals surface area contributed by atoms with Crippen molar-refractivity contribution in [2.45, 2.75) is 13.0 Å². The monoisotopic (exact) mass is 349 g/mol. The van der Waals surface area contributed by atoms with Gasteiger partial charge in [-0.05, 0) is 38.2 Å². The van der Waals surface area contributed by atoms with Crippen molar-refractivity contribution in [3.63, 3.8) is 0 Å². The van der Waals surface area contributed by atoms with Gasteiger partial charge in [0.25, 0.3) is 0 Å². The Bertz CT molecular complexity index is 982. The van der Waals surface area contributed by atoms with Crippen LogP contribution >= 0.6 is 0 Å². The number of nitrogens with zero attached hydrogens (tertiary/aromatic N) is 1. The van der Waals surface area contributed by atoms with Crippen molar-refractivity contribution in [2.24, 2.45) is 0 Å². The largest absolute Gasteiger partial charge is 0.424 e. The molecule has 1 N–H and O–H groups in total. The van der Waals surface area contributed by atoms with Gasteiger partial charge in [-0.2, -0.15) is 0 Å². The van der Waals surface area contributed by atoms with Gasteiger partial charge in [0.05, 0.1) is 5.39 Å². The molecule has 4 nitrogen and oxygen atoms in total. The molecule has 2 aromatic carbocycles. The van der Waals surface area contributed by atoms with Gasteiger partial charge in [0.15, 0.2) is 0 Å². The summed E-state index contributed by atoms with van der Waals surface area (Å²) in [6.07, 6.45) is 3.30. The number of hydrogen-bond donors (Lipinski definition) is 1. The van der Waals surface area contributed by atoms with E-state index >= 15 is 0 Å². The molecule has 1 heterocycles. The van der Waals surface area contributed by atoms with Crippen molar-refractivity contribution >= 4 is 16.8 Å². The predicted octanol–water partition coefficient (Wildman–Crippen LogP) is 4.09. The molecule has 0 aliphatic carbocycles. The molecule has 0 spiro atoms. The van der Waals surface area contributed by atoms with E-state index in [2.05, 4.69) is 17.1 Å². The second kappa shape index (κ2) is 7.68. The first-order valence-electron chi connectivity index (χ1n) is 8.63. The molecule has 3 aromatic rings. The zero-order valence-corrected chi connectivity index (χ0v) is 15.3. The van der Waals surface area contributed by atoms with Gasteiger partial charge in [-0.15, -0.1) is 0 Å². The molecule has 134 valence electrons. The summed E-state index contributed by atoms with van der Waals surface area (Å²) in [7, 11) is 4.05. The van der Waals surface area contributed by atoms with Crippen LogP contribution in [0.1, 0.15) is 24.4 Å². The van der Waals surface area contributed by atoms with E-state index in [1.54, 1.807) is 13.0 Å². The molecule has 26 heavy (non-hydrogen) atoms. The standard InChI is InChI=1S/C22H23NO3/c1-15(24)21-20(18-8-4-5-9-19(18)22(25)26-21)17-12-10-16(11-13-17)7-6-14-23(2)3/h4-13,15,24H,14H2,1-3H3. The second-order valence-electron chi connectivity index (χ2n) is 6.64. The average molecular weight is 349 g/mol. The zero-order chi connectivity index (χ0) is 18.7. The Labute approximate surface area is 153 Å². The van der Waals surface area contributed by atoms with Crippen molar-refractivity contribution in [2.75, 3.05) is 20.6 Å². The molecule has 0 amide bonds. The Morgan fingerprint density at radius 2 is 1.73 bits per heavy atom. The molecular formula is C22H23NO3. The molecule has 3 rings (SSSR count). The quantitative estimate of drug-likeness (QED) is 0.754. The van der Waals surface area contributed by atoms with Gasteiger partial charge < -0.3 is 14.4 Å². The maximum atomic E-state index is 12.2. The summed E-state index contributed by atoms with van der Waals surface area (Å²) in [4.78, 5) is 14.3. The molecule has 0 aliphatic heterocycles. The lowest BCUT2D eigenvalue weighted by atomic mass is 9.96. The third kappa shape index (κ3) is 3.77. The van der Waals surface area contributed by atoms with E-state index in [1.807, 2.05) is 56.6 Å². The van der Waals surface area contributed by atoms with Gasteiger partial charge in [-0.1, -0.05) is 54.6 Å². The SMILES string of the molecule is CC(O)c1oc(=O)c2ccccc2c1-c1ccc(C=CCN(C)C)cc1. The molecule has 1 atom stereocenters. The van der Waals surface area contributed by atoms with E-state index in [0.29, 0.717) is 11.1 Å². The molecule has 1 unspecified atom stereocenters. The summed E-state index contributed by atoms with van der Waals surface area (Å²) in [6.45, 7) is 2.48. The molecule has 4 heteroatoms. The van der Waals surface area contributed by atoms with Crippen molar-refractivity contribution in [1.82, 2.24) is 4.90 Å². The lowest BCUT2D eigenvalue weighted by Gasteiger charge is -2.13. The highest BCUT2D eigenvalue weighted by Gasteiger charge is 2.18. The minimum Gasteiger partial charge on any atom is -0.424 e. The van der Waals surface area contributed by atoms with E-state index in [-0.39, 0.29) is 0 Å². The molecule has 0 saturated heterocycles. The van der Waals surface area contributed by atoms with Crippen molar-refractivity contribution in [3.8, 4) is 11.1 Å². The smallest absolute Gasteiger partial charge is 0.343 e. The molecule has 0 saturated carbocycles. The Morgan fingerprint density at radius 1 is 1.08 bits per heavy atom. The Hall–Kier alpha value is -2.69. The highest BCUT2D eigenvalue weighted by Crippen LogP contribution is 2.33. The van der Waals surface area contributed by atoms with E-state index < -0.39 is 11.7 Å². The van der Waals surface area contributed by atoms with Crippen LogP contribution in [0.3, 0.4) is 0 Å². The van der Waals surface area contributed by atoms with Gasteiger partial charge >= 0.3 is 5.63 Å². The normalized spacial score (nSPS) is 13.0. The fourth-order valence-electron chi connectivity index (χ4n) is 2.97. The van der Waals surface area contributed by atoms with Gasteiger partial charge in [-0.25, -0.2) is 4.79 Å². The molecule has 0 bridgehead atoms. The zero-order valence-electron chi connectivity index (χ0n) is 15.3. The van der Waals surface area contributed by atoms with Crippen molar-refractivity contribution in [3.05, 3.63) is 76.4 Å². The fourth-order valence-corrected chi connectivity index (χ4v) is 2.97. The molecule has 0 aliphatic rings. The van der Waals surface area contributed by atoms with Gasteiger partial charge in [0.1, 0.15) is 11.9 Å². The van der Waals surface area contributed by atoms with E-state index in [9.17, 15) is 9.90 Å². The molecular weight excluding hydrogens is 326 g/mol. The summed E-state index contributed by atoms with van der Waals surface area (Å²) in [5, 5.41) is 11.4. The van der Waals surface area contributed by atoms with Gasteiger partial charge in [-0.3, -0.25) is 0 Å². The highest BCUT2D eigenvalue weighted by atomic mass is 16.4. The lowest BCUT2D eigenvalue weighted by molar-refractivity contribution is 0.166. The number of aliphatic hydroxyl groups excluding tert-OH is 1. The minimum absolute atomic E-state index is 0.296. The van der Waals surface area contributed by atoms with Gasteiger partial charge in [0, 0.05) is 17.5 Å². The van der Waals surface area contributed by atoms with Crippen LogP contribution in [0, 0.1) is 0 Å². The third-order valence-electron chi connectivity index (χ3n) is 4.23. The van der Waals surface area contributed by atoms with Crippen LogP contribution in [0.2, 0.25) is 0 Å². The Balaban J connectivity index is 2.10. The van der Waals surface area contributed by atoms with Crippen LogP contribution in [0.5, 0.6) is 0 Å². The van der Waals surface area contributed by atoms with Crippen molar-refractivity contribution < 1.29 is 9.52 Å². The fraction of sp³-hybridized carbons (Fsp3) is 0.227. The number of rotatable bonds is 5. The summed E-state index contributed by atoms with van der Waals surface area (Å²) in [6, 6.07) is 15.3. The first kappa shape index (κ1) is 18.1. The van der Waals surface area contributed by atoms with Crippen LogP contribution < -0.4 is 5.63 Å². The minimum atomic E-state index is -0.873. The number of benzene rings is 2. The summed E-state index contributed by atoms with van der Waals surface area (Å²) >= 11 is 0. The van der Waals surface area contributed by atoms with E-state index in [1.165, 1.54) is 0 Å². The Kier molecular flexibility index (Phi) is 5.35. The number of hydrogen-bond acceptors (Lipinski definition) is 4. The topological polar surface area (TPSA) is 53.7 Å². The summed E-state index contributed by atoms with van der Waals surface area (Å²) in [5.41, 5.74) is 2.34. The lowest BCUT2D eigenvalue weighted by Crippen LogP contribution is -2.10. The van der Waals surface area contributed by atoms with Crippen LogP contribution in [0.4, 0.5) is 0 Å². The molecule has 1 aromatic heterocycles. The maximum absolute atomic E-state index is 12.2. The van der Waals surface area contributed by atoms with Crippen LogP contribution in [-0.2, 0) is 0 Å². The van der Waals surface area contributed by atoms with Crippen LogP contribution in [-0.4, -0.2) is 30.6 Å². The molecule has 0 fully saturated rings. The number of fused-ring (bicyclic) bond motifs is 1. The first-order valence-corrected chi connectivity index (χ1v) is 8.63. The van der Waals surface area contributed by atoms with Crippen LogP contribution in [0.25, 0.3) is 28.0 Å². The highest BCUT2D eigenvalue weighted by molar-refractivity contribution is 5.96. The summed E-state index contributed by atoms with van der Waals surface area (Å²) in [5.74, 6) is 0.296. The second-order valence-corrected chi connectivity index (χ2v) is 6.64. The first-order chi connectivity index (χ1) is 12.5. The third-order valence-corrected chi connectivity index (χ3v) is 4.23. The average Bonchev–Trinajstić information content (AvgIpc) is 2.62. The van der Waals surface area contributed by atoms with Crippen molar-refractivity contribution in [1.29, 1.82) is 0 Å².